The van der Waals surface area contributed by atoms with E-state index in [-0.39, 0.29) is 9.71 Å². The van der Waals surface area contributed by atoms with Crippen molar-refractivity contribution < 1.29 is 9.53 Å². The Morgan fingerprint density at radius 1 is 1.29 bits per heavy atom. The first-order chi connectivity index (χ1) is 9.86. The molecule has 0 aromatic heterocycles. The molecule has 21 heavy (non-hydrogen) atoms. The summed E-state index contributed by atoms with van der Waals surface area (Å²) in [5.74, 6) is 0.359. The molecular formula is C16H11Br2NO2. The molecule has 0 radical (unpaired) electrons. The Labute approximate surface area is 139 Å². The van der Waals surface area contributed by atoms with Crippen LogP contribution < -0.4 is 4.74 Å². The van der Waals surface area contributed by atoms with Crippen LogP contribution in [0.5, 0.6) is 5.75 Å². The molecule has 1 aliphatic rings. The van der Waals surface area contributed by atoms with Gasteiger partial charge in [0.1, 0.15) is 5.75 Å². The fraction of sp³-hybridized carbons (Fsp3) is 0.250. The third kappa shape index (κ3) is 2.09. The molecule has 0 saturated carbocycles. The molecule has 3 rings (SSSR count). The van der Waals surface area contributed by atoms with Gasteiger partial charge in [-0.3, -0.25) is 4.79 Å². The Kier molecular flexibility index (Phi) is 3.34. The van der Waals surface area contributed by atoms with E-state index in [1.165, 1.54) is 0 Å². The fourth-order valence-corrected chi connectivity index (χ4v) is 3.37. The number of hydrogen-bond donors (Lipinski definition) is 0. The van der Waals surface area contributed by atoms with Gasteiger partial charge in [0, 0.05) is 11.1 Å². The largest absolute Gasteiger partial charge is 0.425 e. The highest BCUT2D eigenvalue weighted by molar-refractivity contribution is 9.24. The Morgan fingerprint density at radius 2 is 2.00 bits per heavy atom. The van der Waals surface area contributed by atoms with Crippen LogP contribution in [-0.2, 0) is 10.2 Å². The first-order valence-corrected chi connectivity index (χ1v) is 8.21. The predicted octanol–water partition coefficient (Wildman–Crippen LogP) is 4.70. The van der Waals surface area contributed by atoms with Crippen LogP contribution in [-0.4, -0.2) is 5.97 Å². The summed E-state index contributed by atoms with van der Waals surface area (Å²) < 4.78 is 5.39. The summed E-state index contributed by atoms with van der Waals surface area (Å²) in [5.41, 5.74) is 1.63. The lowest BCUT2D eigenvalue weighted by Gasteiger charge is -2.17. The van der Waals surface area contributed by atoms with Crippen LogP contribution in [0, 0.1) is 11.3 Å². The molecule has 106 valence electrons. The van der Waals surface area contributed by atoms with Crippen LogP contribution in [0.4, 0.5) is 0 Å². The van der Waals surface area contributed by atoms with Gasteiger partial charge in [-0.1, -0.05) is 37.9 Å². The lowest BCUT2D eigenvalue weighted by atomic mass is 9.82. The van der Waals surface area contributed by atoms with Crippen LogP contribution in [0.15, 0.2) is 24.3 Å². The lowest BCUT2D eigenvalue weighted by Crippen LogP contribution is -2.26. The minimum Gasteiger partial charge on any atom is -0.425 e. The van der Waals surface area contributed by atoms with E-state index in [0.717, 1.165) is 21.9 Å². The van der Waals surface area contributed by atoms with Gasteiger partial charge in [0.25, 0.3) is 0 Å². The van der Waals surface area contributed by atoms with E-state index < -0.39 is 5.41 Å². The zero-order chi connectivity index (χ0) is 15.4. The average molecular weight is 409 g/mol. The minimum atomic E-state index is -0.702. The van der Waals surface area contributed by atoms with E-state index in [4.69, 9.17) is 10.00 Å². The van der Waals surface area contributed by atoms with Crippen LogP contribution in [0.25, 0.3) is 10.8 Å². The molecule has 0 unspecified atom stereocenters. The van der Waals surface area contributed by atoms with Gasteiger partial charge < -0.3 is 4.74 Å². The zero-order valence-corrected chi connectivity index (χ0v) is 14.6. The highest BCUT2D eigenvalue weighted by Gasteiger charge is 2.44. The maximum absolute atomic E-state index is 12.2. The van der Waals surface area contributed by atoms with Crippen molar-refractivity contribution in [2.45, 2.75) is 23.0 Å². The first-order valence-electron chi connectivity index (χ1n) is 6.38. The molecule has 1 aliphatic heterocycles. The van der Waals surface area contributed by atoms with Gasteiger partial charge in [0.2, 0.25) is 0 Å². The number of ether oxygens (including phenoxy) is 1. The number of nitrogens with zero attached hydrogens (tertiary/aromatic N) is 1. The summed E-state index contributed by atoms with van der Waals surface area (Å²) >= 11 is 6.95. The average Bonchev–Trinajstić information content (AvgIpc) is 2.68. The van der Waals surface area contributed by atoms with E-state index in [1.807, 2.05) is 32.0 Å². The van der Waals surface area contributed by atoms with Crippen molar-refractivity contribution in [3.63, 3.8) is 0 Å². The normalized spacial score (nSPS) is 15.9. The molecule has 0 amide bonds. The molecule has 2 aromatic rings. The topological polar surface area (TPSA) is 50.1 Å². The SMILES string of the molecule is CC1(C)C(=O)Oc2c(C(Br)Br)cc3cc(C#N)ccc3c21. The predicted molar refractivity (Wildman–Crippen MR) is 87.9 cm³/mol. The number of fused-ring (bicyclic) bond motifs is 3. The zero-order valence-electron chi connectivity index (χ0n) is 11.4. The number of nitriles is 1. The van der Waals surface area contributed by atoms with Gasteiger partial charge in [-0.05, 0) is 42.8 Å². The molecular weight excluding hydrogens is 398 g/mol. The molecule has 1 heterocycles. The summed E-state index contributed by atoms with van der Waals surface area (Å²) in [6.07, 6.45) is 0. The molecule has 0 bridgehead atoms. The second-order valence-corrected chi connectivity index (χ2v) is 8.59. The van der Waals surface area contributed by atoms with Crippen molar-refractivity contribution in [1.82, 2.24) is 0 Å². The smallest absolute Gasteiger partial charge is 0.321 e. The number of carbonyl (C=O) groups excluding carboxylic acids is 1. The fourth-order valence-electron chi connectivity index (χ4n) is 2.69. The Hall–Kier alpha value is -1.38. The number of halogens is 2. The summed E-state index contributed by atoms with van der Waals surface area (Å²) in [6, 6.07) is 9.57. The second kappa shape index (κ2) is 4.82. The van der Waals surface area contributed by atoms with Crippen molar-refractivity contribution in [1.29, 1.82) is 5.26 Å². The van der Waals surface area contributed by atoms with Crippen molar-refractivity contribution in [2.75, 3.05) is 0 Å². The van der Waals surface area contributed by atoms with E-state index >= 15 is 0 Å². The van der Waals surface area contributed by atoms with Gasteiger partial charge in [0.15, 0.2) is 0 Å². The molecule has 0 aliphatic carbocycles. The van der Waals surface area contributed by atoms with Gasteiger partial charge in [0.05, 0.1) is 20.8 Å². The molecule has 0 N–H and O–H groups in total. The maximum atomic E-state index is 12.2. The number of carbonyl (C=O) groups is 1. The monoisotopic (exact) mass is 407 g/mol. The number of benzene rings is 2. The number of esters is 1. The summed E-state index contributed by atoms with van der Waals surface area (Å²) in [6.45, 7) is 3.72. The first kappa shape index (κ1) is 14.6. The third-order valence-corrected chi connectivity index (χ3v) is 4.80. The summed E-state index contributed by atoms with van der Waals surface area (Å²) in [4.78, 5) is 12.2. The van der Waals surface area contributed by atoms with Crippen LogP contribution in [0.1, 0.15) is 34.3 Å². The van der Waals surface area contributed by atoms with Gasteiger partial charge in [-0.2, -0.15) is 5.26 Å². The van der Waals surface area contributed by atoms with E-state index in [0.29, 0.717) is 11.3 Å². The van der Waals surface area contributed by atoms with Gasteiger partial charge in [-0.25, -0.2) is 0 Å². The summed E-state index contributed by atoms with van der Waals surface area (Å²) in [5, 5.41) is 10.9. The Bertz CT molecular complexity index is 819. The van der Waals surface area contributed by atoms with E-state index in [9.17, 15) is 4.79 Å². The van der Waals surface area contributed by atoms with Crippen LogP contribution in [0.3, 0.4) is 0 Å². The van der Waals surface area contributed by atoms with Gasteiger partial charge in [-0.15, -0.1) is 0 Å². The number of hydrogen-bond acceptors (Lipinski definition) is 3. The standard InChI is InChI=1S/C16H11Br2NO2/c1-16(2)12-10-4-3-8(7-19)5-9(10)6-11(14(17)18)13(12)21-15(16)20/h3-6,14H,1-2H3. The van der Waals surface area contributed by atoms with E-state index in [1.54, 1.807) is 6.07 Å². The molecule has 2 aromatic carbocycles. The quantitative estimate of drug-likeness (QED) is 0.390. The van der Waals surface area contributed by atoms with E-state index in [2.05, 4.69) is 37.9 Å². The molecule has 0 saturated heterocycles. The van der Waals surface area contributed by atoms with Crippen LogP contribution in [0.2, 0.25) is 0 Å². The summed E-state index contributed by atoms with van der Waals surface area (Å²) in [7, 11) is 0. The molecule has 3 nitrogen and oxygen atoms in total. The molecule has 0 atom stereocenters. The third-order valence-electron chi connectivity index (χ3n) is 3.82. The van der Waals surface area contributed by atoms with Crippen LogP contribution >= 0.6 is 31.9 Å². The lowest BCUT2D eigenvalue weighted by molar-refractivity contribution is -0.137. The van der Waals surface area contributed by atoms with Crippen molar-refractivity contribution >= 4 is 48.6 Å². The van der Waals surface area contributed by atoms with Gasteiger partial charge >= 0.3 is 5.97 Å². The number of rotatable bonds is 1. The second-order valence-electron chi connectivity index (χ2n) is 5.53. The Morgan fingerprint density at radius 3 is 2.62 bits per heavy atom. The van der Waals surface area contributed by atoms with Crippen molar-refractivity contribution in [3.8, 4) is 11.8 Å². The molecule has 5 heteroatoms. The molecule has 0 spiro atoms. The maximum Gasteiger partial charge on any atom is 0.321 e. The minimum absolute atomic E-state index is 0.129. The number of alkyl halides is 2. The van der Waals surface area contributed by atoms with Crippen molar-refractivity contribution in [3.05, 3.63) is 41.0 Å². The van der Waals surface area contributed by atoms with Crippen molar-refractivity contribution in [2.24, 2.45) is 0 Å². The highest BCUT2D eigenvalue weighted by Crippen LogP contribution is 2.50. The Balaban J connectivity index is 2.45. The molecule has 0 fully saturated rings. The highest BCUT2D eigenvalue weighted by atomic mass is 79.9.